The Bertz CT molecular complexity index is 1180. The van der Waals surface area contributed by atoms with Crippen LogP contribution in [0.25, 0.3) is 11.0 Å². The number of aryl methyl sites for hydroxylation is 2. The maximum absolute atomic E-state index is 12.8. The van der Waals surface area contributed by atoms with Crippen molar-refractivity contribution in [2.24, 2.45) is 5.41 Å². The quantitative estimate of drug-likeness (QED) is 0.586. The van der Waals surface area contributed by atoms with Gasteiger partial charge < -0.3 is 19.3 Å². The summed E-state index contributed by atoms with van der Waals surface area (Å²) in [6.45, 7) is 9.16. The summed E-state index contributed by atoms with van der Waals surface area (Å²) in [5.74, 6) is -1.06. The van der Waals surface area contributed by atoms with Gasteiger partial charge in [0.15, 0.2) is 0 Å². The third kappa shape index (κ3) is 4.29. The normalized spacial score (nSPS) is 14.1. The van der Waals surface area contributed by atoms with Gasteiger partial charge in [-0.2, -0.15) is 0 Å². The molecule has 0 saturated heterocycles. The zero-order valence-corrected chi connectivity index (χ0v) is 19.8. The molecular weight excluding hydrogens is 426 g/mol. The Morgan fingerprint density at radius 1 is 1.31 bits per heavy atom. The first kappa shape index (κ1) is 22.5. The van der Waals surface area contributed by atoms with Crippen LogP contribution in [0.2, 0.25) is 0 Å². The fourth-order valence-electron chi connectivity index (χ4n) is 4.20. The van der Waals surface area contributed by atoms with E-state index in [9.17, 15) is 14.7 Å². The molecule has 0 radical (unpaired) electrons. The second-order valence-corrected chi connectivity index (χ2v) is 10.5. The van der Waals surface area contributed by atoms with Crippen LogP contribution in [0.15, 0.2) is 24.4 Å². The lowest BCUT2D eigenvalue weighted by atomic mass is 9.95. The van der Waals surface area contributed by atoms with Gasteiger partial charge in [-0.25, -0.2) is 4.98 Å². The number of carbonyl (C=O) groups excluding carboxylic acids is 1. The van der Waals surface area contributed by atoms with Crippen LogP contribution in [0.1, 0.15) is 40.4 Å². The summed E-state index contributed by atoms with van der Waals surface area (Å²) in [5.41, 5.74) is 3.58. The number of ether oxygens (including phenoxy) is 1. The second kappa shape index (κ2) is 8.67. The number of aromatic nitrogens is 2. The van der Waals surface area contributed by atoms with E-state index in [1.165, 1.54) is 20.9 Å². The predicted octanol–water partition coefficient (Wildman–Crippen LogP) is 3.78. The SMILES string of the molecule is Cc1cc(Cn2c3c(c4cccnc42)CCN(C(=O)COCC(C)(C)C(=O)O)C3)c(C)s1. The number of rotatable bonds is 7. The van der Waals surface area contributed by atoms with Gasteiger partial charge in [-0.05, 0) is 63.4 Å². The van der Waals surface area contributed by atoms with Gasteiger partial charge in [-0.15, -0.1) is 11.3 Å². The highest BCUT2D eigenvalue weighted by molar-refractivity contribution is 7.12. The predicted molar refractivity (Wildman–Crippen MR) is 124 cm³/mol. The van der Waals surface area contributed by atoms with Crippen molar-refractivity contribution in [3.63, 3.8) is 0 Å². The molecule has 1 amide bonds. The van der Waals surface area contributed by atoms with E-state index < -0.39 is 11.4 Å². The molecule has 0 bridgehead atoms. The van der Waals surface area contributed by atoms with Crippen molar-refractivity contribution in [2.75, 3.05) is 19.8 Å². The van der Waals surface area contributed by atoms with Crippen molar-refractivity contribution < 1.29 is 19.4 Å². The fourth-order valence-corrected chi connectivity index (χ4v) is 5.14. The maximum atomic E-state index is 12.8. The van der Waals surface area contributed by atoms with Crippen LogP contribution >= 0.6 is 11.3 Å². The Morgan fingerprint density at radius 3 is 2.78 bits per heavy atom. The molecule has 0 aliphatic carbocycles. The Hall–Kier alpha value is -2.71. The first-order chi connectivity index (χ1) is 15.2. The third-order valence-corrected chi connectivity index (χ3v) is 7.11. The van der Waals surface area contributed by atoms with Crippen molar-refractivity contribution >= 4 is 34.2 Å². The molecule has 32 heavy (non-hydrogen) atoms. The standard InChI is InChI=1S/C24H29N3O4S/c1-15-10-17(16(2)32-15)11-27-20-12-26(21(28)13-31-14-24(3,4)23(29)30)9-7-18(20)19-6-5-8-25-22(19)27/h5-6,8,10H,7,9,11-14H2,1-4H3,(H,29,30). The number of hydrogen-bond donors (Lipinski definition) is 1. The summed E-state index contributed by atoms with van der Waals surface area (Å²) < 4.78 is 7.72. The molecule has 1 aliphatic heterocycles. The fraction of sp³-hybridized carbons (Fsp3) is 0.458. The first-order valence-electron chi connectivity index (χ1n) is 10.8. The van der Waals surface area contributed by atoms with Gasteiger partial charge in [0.2, 0.25) is 5.91 Å². The maximum Gasteiger partial charge on any atom is 0.311 e. The van der Waals surface area contributed by atoms with Crippen molar-refractivity contribution in [3.8, 4) is 0 Å². The van der Waals surface area contributed by atoms with Crippen molar-refractivity contribution in [1.82, 2.24) is 14.5 Å². The van der Waals surface area contributed by atoms with Crippen molar-refractivity contribution in [2.45, 2.75) is 47.2 Å². The highest BCUT2D eigenvalue weighted by Crippen LogP contribution is 2.32. The lowest BCUT2D eigenvalue weighted by Crippen LogP contribution is -2.40. The van der Waals surface area contributed by atoms with Crippen molar-refractivity contribution in [3.05, 3.63) is 51.0 Å². The van der Waals surface area contributed by atoms with Crippen LogP contribution in [0.5, 0.6) is 0 Å². The largest absolute Gasteiger partial charge is 0.481 e. The summed E-state index contributed by atoms with van der Waals surface area (Å²) in [7, 11) is 0. The van der Waals surface area contributed by atoms with Crippen LogP contribution in [-0.4, -0.2) is 51.2 Å². The molecule has 1 aliphatic rings. The van der Waals surface area contributed by atoms with Gasteiger partial charge in [0, 0.05) is 33.6 Å². The molecule has 4 rings (SSSR count). The molecule has 0 spiro atoms. The minimum atomic E-state index is -1.02. The summed E-state index contributed by atoms with van der Waals surface area (Å²) in [6.07, 6.45) is 2.58. The number of pyridine rings is 1. The van der Waals surface area contributed by atoms with E-state index in [0.717, 1.165) is 29.7 Å². The highest BCUT2D eigenvalue weighted by Gasteiger charge is 2.30. The molecule has 7 nitrogen and oxygen atoms in total. The molecule has 0 fully saturated rings. The Kier molecular flexibility index (Phi) is 6.09. The summed E-state index contributed by atoms with van der Waals surface area (Å²) in [4.78, 5) is 33.1. The lowest BCUT2D eigenvalue weighted by molar-refractivity contribution is -0.153. The van der Waals surface area contributed by atoms with Crippen LogP contribution in [0.4, 0.5) is 0 Å². The number of carboxylic acid groups (broad SMARTS) is 1. The topological polar surface area (TPSA) is 84.7 Å². The van der Waals surface area contributed by atoms with E-state index in [2.05, 4.69) is 35.5 Å². The molecular formula is C24H29N3O4S. The number of hydrogen-bond acceptors (Lipinski definition) is 5. The number of nitrogens with zero attached hydrogens (tertiary/aromatic N) is 3. The van der Waals surface area contributed by atoms with E-state index >= 15 is 0 Å². The van der Waals surface area contributed by atoms with E-state index in [4.69, 9.17) is 4.74 Å². The van der Waals surface area contributed by atoms with Gasteiger partial charge in [0.05, 0.1) is 25.1 Å². The van der Waals surface area contributed by atoms with Crippen LogP contribution < -0.4 is 0 Å². The van der Waals surface area contributed by atoms with E-state index in [1.807, 2.05) is 12.3 Å². The van der Waals surface area contributed by atoms with Gasteiger partial charge in [0.1, 0.15) is 12.3 Å². The minimum absolute atomic E-state index is 0.00582. The number of carboxylic acids is 1. The zero-order chi connectivity index (χ0) is 23.0. The first-order valence-corrected chi connectivity index (χ1v) is 11.6. The summed E-state index contributed by atoms with van der Waals surface area (Å²) >= 11 is 1.80. The molecule has 0 unspecified atom stereocenters. The van der Waals surface area contributed by atoms with Gasteiger partial charge >= 0.3 is 5.97 Å². The van der Waals surface area contributed by atoms with Crippen LogP contribution in [0.3, 0.4) is 0 Å². The number of carbonyl (C=O) groups is 2. The van der Waals surface area contributed by atoms with E-state index in [-0.39, 0.29) is 19.1 Å². The molecule has 3 aromatic heterocycles. The van der Waals surface area contributed by atoms with E-state index in [0.29, 0.717) is 13.1 Å². The molecule has 3 aromatic rings. The Morgan fingerprint density at radius 2 is 2.09 bits per heavy atom. The molecule has 0 aromatic carbocycles. The van der Waals surface area contributed by atoms with Crippen LogP contribution in [0, 0.1) is 19.3 Å². The molecule has 4 heterocycles. The van der Waals surface area contributed by atoms with Gasteiger partial charge in [-0.3, -0.25) is 9.59 Å². The van der Waals surface area contributed by atoms with Crippen LogP contribution in [-0.2, 0) is 33.8 Å². The highest BCUT2D eigenvalue weighted by atomic mass is 32.1. The number of aliphatic carboxylic acids is 1. The molecule has 0 atom stereocenters. The van der Waals surface area contributed by atoms with E-state index in [1.54, 1.807) is 30.1 Å². The lowest BCUT2D eigenvalue weighted by Gasteiger charge is -2.29. The van der Waals surface area contributed by atoms with Gasteiger partial charge in [-0.1, -0.05) is 0 Å². The second-order valence-electron chi connectivity index (χ2n) is 9.07. The van der Waals surface area contributed by atoms with Gasteiger partial charge in [0.25, 0.3) is 0 Å². The number of fused-ring (bicyclic) bond motifs is 3. The average Bonchev–Trinajstić information content (AvgIpc) is 3.24. The molecule has 170 valence electrons. The smallest absolute Gasteiger partial charge is 0.311 e. The Labute approximate surface area is 191 Å². The average molecular weight is 456 g/mol. The third-order valence-electron chi connectivity index (χ3n) is 6.11. The molecule has 1 N–H and O–H groups in total. The van der Waals surface area contributed by atoms with Crippen molar-refractivity contribution in [1.29, 1.82) is 0 Å². The monoisotopic (exact) mass is 455 g/mol. The number of amides is 1. The minimum Gasteiger partial charge on any atom is -0.481 e. The molecule has 0 saturated carbocycles. The molecule has 8 heteroatoms. The Balaban J connectivity index is 1.56. The summed E-state index contributed by atoms with van der Waals surface area (Å²) in [6, 6.07) is 6.30. The zero-order valence-electron chi connectivity index (χ0n) is 19.0. The number of thiophene rings is 1. The summed E-state index contributed by atoms with van der Waals surface area (Å²) in [5, 5.41) is 10.4.